The van der Waals surface area contributed by atoms with Gasteiger partial charge < -0.3 is 10.2 Å². The minimum Gasteiger partial charge on any atom is -0.349 e. The average molecular weight is 963 g/mol. The number of carbonyl (C=O) groups excluding carboxylic acids is 2. The Labute approximate surface area is 376 Å². The number of hydrogen-bond donors (Lipinski definition) is 3. The fourth-order valence-corrected chi connectivity index (χ4v) is 10.6. The van der Waals surface area contributed by atoms with Crippen LogP contribution in [0.2, 0.25) is 0 Å². The number of nitrogens with zero attached hydrogens (tertiary/aromatic N) is 3. The Morgan fingerprint density at radius 3 is 1.80 bits per heavy atom. The highest BCUT2D eigenvalue weighted by atomic mass is 32.2. The number of hydrogen-bond acceptors (Lipinski definition) is 11. The van der Waals surface area contributed by atoms with E-state index in [2.05, 4.69) is 16.3 Å². The zero-order chi connectivity index (χ0) is 47.5. The van der Waals surface area contributed by atoms with Crippen LogP contribution in [0.1, 0.15) is 40.7 Å². The highest BCUT2D eigenvalue weighted by Crippen LogP contribution is 2.37. The first kappa shape index (κ1) is 48.2. The predicted octanol–water partition coefficient (Wildman–Crippen LogP) is 5.97. The number of benzene rings is 4. The fourth-order valence-electron chi connectivity index (χ4n) is 7.70. The topological polar surface area (TPSA) is 167 Å². The van der Waals surface area contributed by atoms with Crippen LogP contribution >= 0.6 is 0 Å². The molecule has 4 aromatic rings. The summed E-state index contributed by atoms with van der Waals surface area (Å²) in [7, 11) is -8.75. The Morgan fingerprint density at radius 1 is 0.712 bits per heavy atom. The standard InChI is InChI=1S/C44H44F6N6O8S2/c1-30-7-4-8-31(25-30)28-51-41(58)40(63-52-35-16-20-54(21-17-35)65(59,60)37-12-5-10-33(26-37)43(45,46)47)42(29-57,56-24-15-32-9-2-3-14-39(32)56)64-53-36-18-22-55(23-19-36)66(61,62)38-13-6-11-34(27-38)44(48,49)50/h2-14,16,18,25-27,29,40,52-53H,15,17,19-24,28H2,1H3,(H,51,58). The molecule has 0 fully saturated rings. The average Bonchev–Trinajstić information content (AvgIpc) is 3.74. The summed E-state index contributed by atoms with van der Waals surface area (Å²) in [5.74, 6) is -0.830. The molecule has 7 rings (SSSR count). The SMILES string of the molecule is Cc1cccc(CNC(=O)C(ONC2=CCN(S(=O)(=O)c3cccc(C(F)(F)F)c3)CC2)C(C=O)(ONC2=CCN(S(=O)(=O)c3cccc(C(F)(F)F)c3)CC2)N2CCc3ccccc32)c1. The fraction of sp³-hybridized carbons (Fsp3) is 0.318. The van der Waals surface area contributed by atoms with Crippen molar-refractivity contribution in [3.63, 3.8) is 0 Å². The molecule has 0 radical (unpaired) electrons. The van der Waals surface area contributed by atoms with E-state index in [0.29, 0.717) is 36.1 Å². The normalized spacial score (nSPS) is 17.8. The van der Waals surface area contributed by atoms with Crippen molar-refractivity contribution in [2.45, 2.75) is 66.7 Å². The lowest BCUT2D eigenvalue weighted by Crippen LogP contribution is -2.67. The maximum Gasteiger partial charge on any atom is 0.416 e. The van der Waals surface area contributed by atoms with Gasteiger partial charge in [-0.2, -0.15) is 35.0 Å². The molecule has 2 atom stereocenters. The minimum atomic E-state index is -4.77. The quantitative estimate of drug-likeness (QED) is 0.0688. The molecule has 3 heterocycles. The third-order valence-electron chi connectivity index (χ3n) is 11.2. The lowest BCUT2D eigenvalue weighted by molar-refractivity contribution is -0.192. The van der Waals surface area contributed by atoms with Crippen molar-refractivity contribution in [1.29, 1.82) is 0 Å². The molecule has 0 spiro atoms. The third-order valence-corrected chi connectivity index (χ3v) is 15.0. The molecule has 3 aliphatic heterocycles. The number of aryl methyl sites for hydroxylation is 1. The van der Waals surface area contributed by atoms with Crippen LogP contribution in [0.15, 0.2) is 130 Å². The van der Waals surface area contributed by atoms with E-state index in [1.807, 2.05) is 25.1 Å². The molecular weight excluding hydrogens is 919 g/mol. The van der Waals surface area contributed by atoms with Gasteiger partial charge in [-0.05, 0) is 79.1 Å². The Hall–Kier alpha value is -5.78. The number of alkyl halides is 6. The molecule has 0 aromatic heterocycles. The van der Waals surface area contributed by atoms with E-state index in [1.54, 1.807) is 30.3 Å². The summed E-state index contributed by atoms with van der Waals surface area (Å²) < 4.78 is 136. The zero-order valence-electron chi connectivity index (χ0n) is 35.1. The van der Waals surface area contributed by atoms with Gasteiger partial charge in [0.15, 0.2) is 6.29 Å². The van der Waals surface area contributed by atoms with Crippen LogP contribution in [0.4, 0.5) is 32.0 Å². The number of carbonyl (C=O) groups is 2. The lowest BCUT2D eigenvalue weighted by atomic mass is 10.0. The Balaban J connectivity index is 1.16. The molecule has 0 aliphatic carbocycles. The molecule has 14 nitrogen and oxygen atoms in total. The van der Waals surface area contributed by atoms with Gasteiger partial charge in [0.25, 0.3) is 11.6 Å². The van der Waals surface area contributed by atoms with Crippen LogP contribution in [0.3, 0.4) is 0 Å². The van der Waals surface area contributed by atoms with Crippen LogP contribution in [0.5, 0.6) is 0 Å². The van der Waals surface area contributed by atoms with Gasteiger partial charge in [0.1, 0.15) is 0 Å². The first-order chi connectivity index (χ1) is 31.2. The summed E-state index contributed by atoms with van der Waals surface area (Å²) in [6, 6.07) is 21.1. The van der Waals surface area contributed by atoms with E-state index >= 15 is 0 Å². The predicted molar refractivity (Wildman–Crippen MR) is 227 cm³/mol. The zero-order valence-corrected chi connectivity index (χ0v) is 36.7. The maximum absolute atomic E-state index is 14.5. The smallest absolute Gasteiger partial charge is 0.349 e. The van der Waals surface area contributed by atoms with E-state index in [0.717, 1.165) is 56.1 Å². The molecule has 1 amide bonds. The third kappa shape index (κ3) is 10.4. The van der Waals surface area contributed by atoms with Crippen molar-refractivity contribution in [3.05, 3.63) is 148 Å². The highest BCUT2D eigenvalue weighted by molar-refractivity contribution is 7.89. The van der Waals surface area contributed by atoms with E-state index in [9.17, 15) is 52.8 Å². The van der Waals surface area contributed by atoms with E-state index in [-0.39, 0.29) is 63.5 Å². The molecule has 2 unspecified atom stereocenters. The van der Waals surface area contributed by atoms with Crippen molar-refractivity contribution in [2.75, 3.05) is 37.6 Å². The number of amides is 1. The number of para-hydroxylation sites is 1. The van der Waals surface area contributed by atoms with E-state index in [4.69, 9.17) is 9.68 Å². The molecule has 0 saturated carbocycles. The number of aldehydes is 1. The number of sulfonamides is 2. The maximum atomic E-state index is 14.5. The summed E-state index contributed by atoms with van der Waals surface area (Å²) in [4.78, 5) is 41.1. The minimum absolute atomic E-state index is 0.00821. The monoisotopic (exact) mass is 962 g/mol. The van der Waals surface area contributed by atoms with Crippen molar-refractivity contribution < 1.29 is 62.4 Å². The number of hydroxylamine groups is 2. The number of nitrogens with one attached hydrogen (secondary N) is 3. The first-order valence-corrected chi connectivity index (χ1v) is 23.3. The second kappa shape index (κ2) is 19.2. The molecular formula is C44H44F6N6O8S2. The van der Waals surface area contributed by atoms with Gasteiger partial charge >= 0.3 is 12.4 Å². The highest BCUT2D eigenvalue weighted by Gasteiger charge is 2.54. The van der Waals surface area contributed by atoms with Gasteiger partial charge in [-0.15, -0.1) is 0 Å². The van der Waals surface area contributed by atoms with Crippen molar-refractivity contribution >= 4 is 37.9 Å². The number of rotatable bonds is 16. The summed E-state index contributed by atoms with van der Waals surface area (Å²) in [5.41, 5.74) is 4.37. The molecule has 66 heavy (non-hydrogen) atoms. The van der Waals surface area contributed by atoms with Crippen molar-refractivity contribution in [3.8, 4) is 0 Å². The van der Waals surface area contributed by atoms with Gasteiger partial charge in [0.05, 0.1) is 20.9 Å². The van der Waals surface area contributed by atoms with Crippen molar-refractivity contribution in [2.24, 2.45) is 0 Å². The molecule has 352 valence electrons. The molecule has 0 bridgehead atoms. The molecule has 4 aromatic carbocycles. The summed E-state index contributed by atoms with van der Waals surface area (Å²) >= 11 is 0. The van der Waals surface area contributed by atoms with Gasteiger partial charge in [-0.1, -0.05) is 60.2 Å². The first-order valence-electron chi connectivity index (χ1n) is 20.5. The Bertz CT molecular complexity index is 2750. The van der Waals surface area contributed by atoms with Gasteiger partial charge in [-0.25, -0.2) is 21.7 Å². The second-order valence-corrected chi connectivity index (χ2v) is 19.5. The van der Waals surface area contributed by atoms with Crippen molar-refractivity contribution in [1.82, 2.24) is 24.9 Å². The molecule has 3 N–H and O–H groups in total. The van der Waals surface area contributed by atoms with Crippen LogP contribution in [0.25, 0.3) is 0 Å². The number of fused-ring (bicyclic) bond motifs is 1. The molecule has 0 saturated heterocycles. The lowest BCUT2D eigenvalue weighted by Gasteiger charge is -2.42. The second-order valence-electron chi connectivity index (χ2n) is 15.6. The molecule has 22 heteroatoms. The van der Waals surface area contributed by atoms with Gasteiger partial charge in [0, 0.05) is 69.2 Å². The van der Waals surface area contributed by atoms with Gasteiger partial charge in [0.2, 0.25) is 26.2 Å². The summed E-state index contributed by atoms with van der Waals surface area (Å²) in [6.07, 6.45) is -7.87. The molecule has 3 aliphatic rings. The summed E-state index contributed by atoms with van der Waals surface area (Å²) in [5, 5.41) is 2.81. The largest absolute Gasteiger partial charge is 0.416 e. The van der Waals surface area contributed by atoms with Crippen LogP contribution in [-0.2, 0) is 64.6 Å². The Morgan fingerprint density at radius 2 is 1.27 bits per heavy atom. The Kier molecular flexibility index (Phi) is 14.0. The number of anilines is 1. The van der Waals surface area contributed by atoms with Crippen LogP contribution < -0.4 is 21.2 Å². The van der Waals surface area contributed by atoms with Gasteiger partial charge in [-0.3, -0.25) is 25.4 Å². The van der Waals surface area contributed by atoms with E-state index in [1.165, 1.54) is 17.1 Å². The van der Waals surface area contributed by atoms with Crippen LogP contribution in [-0.4, -0.2) is 82.2 Å². The van der Waals surface area contributed by atoms with Crippen LogP contribution in [0, 0.1) is 6.92 Å². The van der Waals surface area contributed by atoms with E-state index < -0.39 is 71.1 Å². The number of halogens is 6. The summed E-state index contributed by atoms with van der Waals surface area (Å²) in [6.45, 7) is 1.03.